The second-order valence-corrected chi connectivity index (χ2v) is 8.91. The van der Waals surface area contributed by atoms with Crippen LogP contribution >= 0.6 is 35.4 Å². The Morgan fingerprint density at radius 3 is 2.59 bits per heavy atom. The van der Waals surface area contributed by atoms with E-state index in [9.17, 15) is 4.79 Å². The fraction of sp³-hybridized carbons (Fsp3) is 0.0385. The van der Waals surface area contributed by atoms with Gasteiger partial charge in [-0.2, -0.15) is 0 Å². The summed E-state index contributed by atoms with van der Waals surface area (Å²) >= 11 is 17.8. The van der Waals surface area contributed by atoms with Crippen LogP contribution in [0, 0.1) is 6.92 Å². The van der Waals surface area contributed by atoms with Crippen molar-refractivity contribution in [3.63, 3.8) is 0 Å². The van der Waals surface area contributed by atoms with Crippen molar-refractivity contribution < 1.29 is 9.21 Å². The number of hydrogen-bond donors (Lipinski definition) is 2. The molecule has 5 nitrogen and oxygen atoms in total. The third kappa shape index (κ3) is 4.23. The molecule has 5 aromatic rings. The summed E-state index contributed by atoms with van der Waals surface area (Å²) in [6, 6.07) is 21.8. The first-order chi connectivity index (χ1) is 16.4. The summed E-state index contributed by atoms with van der Waals surface area (Å²) in [5.41, 5.74) is 4.21. The Bertz CT molecular complexity index is 1600. The van der Waals surface area contributed by atoms with Gasteiger partial charge in [0.25, 0.3) is 5.91 Å². The van der Waals surface area contributed by atoms with E-state index in [0.29, 0.717) is 32.6 Å². The lowest BCUT2D eigenvalue weighted by Crippen LogP contribution is -2.34. The highest BCUT2D eigenvalue weighted by atomic mass is 35.5. The molecule has 0 saturated heterocycles. The van der Waals surface area contributed by atoms with E-state index in [-0.39, 0.29) is 11.0 Å². The maximum atomic E-state index is 13.0. The number of benzene rings is 4. The molecule has 0 bridgehead atoms. The number of aromatic nitrogens is 1. The summed E-state index contributed by atoms with van der Waals surface area (Å²) in [7, 11) is 0. The smallest absolute Gasteiger partial charge is 0.258 e. The van der Waals surface area contributed by atoms with E-state index in [1.54, 1.807) is 36.4 Å². The molecule has 0 unspecified atom stereocenters. The quantitative estimate of drug-likeness (QED) is 0.250. The molecule has 0 fully saturated rings. The number of anilines is 1. The van der Waals surface area contributed by atoms with E-state index in [1.807, 2.05) is 43.3 Å². The van der Waals surface area contributed by atoms with E-state index < -0.39 is 0 Å². The number of nitrogens with zero attached hydrogens (tertiary/aromatic N) is 1. The highest BCUT2D eigenvalue weighted by Crippen LogP contribution is 2.31. The summed E-state index contributed by atoms with van der Waals surface area (Å²) in [4.78, 5) is 17.5. The molecule has 4 aromatic carbocycles. The number of hydrogen-bond acceptors (Lipinski definition) is 4. The van der Waals surface area contributed by atoms with Crippen LogP contribution in [0.5, 0.6) is 0 Å². The second kappa shape index (κ2) is 9.06. The Morgan fingerprint density at radius 2 is 1.74 bits per heavy atom. The molecule has 168 valence electrons. The summed E-state index contributed by atoms with van der Waals surface area (Å²) in [5.74, 6) is 0.149. The molecule has 0 aliphatic carbocycles. The van der Waals surface area contributed by atoms with Gasteiger partial charge in [0.05, 0.1) is 0 Å². The third-order valence-electron chi connectivity index (χ3n) is 5.50. The van der Waals surface area contributed by atoms with Gasteiger partial charge in [0.1, 0.15) is 5.52 Å². The van der Waals surface area contributed by atoms with Crippen LogP contribution in [-0.2, 0) is 0 Å². The number of carbonyl (C=O) groups is 1. The van der Waals surface area contributed by atoms with Crippen LogP contribution in [0.15, 0.2) is 77.2 Å². The van der Waals surface area contributed by atoms with Crippen LogP contribution in [0.1, 0.15) is 15.9 Å². The minimum Gasteiger partial charge on any atom is -0.436 e. The van der Waals surface area contributed by atoms with Crippen LogP contribution < -0.4 is 10.6 Å². The number of oxazole rings is 1. The number of thiocarbonyl (C=S) groups is 1. The Morgan fingerprint density at radius 1 is 0.971 bits per heavy atom. The molecule has 0 aliphatic heterocycles. The number of fused-ring (bicyclic) bond motifs is 2. The number of nitrogens with one attached hydrogen (secondary N) is 2. The average molecular weight is 506 g/mol. The topological polar surface area (TPSA) is 67.2 Å². The molecule has 1 heterocycles. The van der Waals surface area contributed by atoms with Crippen molar-refractivity contribution in [3.8, 4) is 11.5 Å². The molecule has 0 atom stereocenters. The summed E-state index contributed by atoms with van der Waals surface area (Å²) in [6.45, 7) is 1.93. The first kappa shape index (κ1) is 22.3. The van der Waals surface area contributed by atoms with E-state index >= 15 is 0 Å². The van der Waals surface area contributed by atoms with Crippen LogP contribution in [0.25, 0.3) is 33.3 Å². The van der Waals surface area contributed by atoms with Crippen molar-refractivity contribution in [2.24, 2.45) is 0 Å². The molecular formula is C26H17Cl2N3O2S. The Balaban J connectivity index is 1.38. The van der Waals surface area contributed by atoms with Gasteiger partial charge in [-0.15, -0.1) is 0 Å². The minimum atomic E-state index is -0.324. The first-order valence-electron chi connectivity index (χ1n) is 10.4. The van der Waals surface area contributed by atoms with Gasteiger partial charge in [-0.3, -0.25) is 10.1 Å². The van der Waals surface area contributed by atoms with Gasteiger partial charge >= 0.3 is 0 Å². The zero-order valence-electron chi connectivity index (χ0n) is 17.9. The van der Waals surface area contributed by atoms with E-state index in [4.69, 9.17) is 39.8 Å². The number of amides is 1. The van der Waals surface area contributed by atoms with Gasteiger partial charge in [-0.25, -0.2) is 4.98 Å². The number of halogens is 2. The molecule has 5 rings (SSSR count). The van der Waals surface area contributed by atoms with Gasteiger partial charge in [0.2, 0.25) is 5.89 Å². The lowest BCUT2D eigenvalue weighted by atomic mass is 10.0. The van der Waals surface area contributed by atoms with Crippen molar-refractivity contribution in [1.82, 2.24) is 10.3 Å². The monoisotopic (exact) mass is 505 g/mol. The van der Waals surface area contributed by atoms with E-state index in [0.717, 1.165) is 27.6 Å². The highest BCUT2D eigenvalue weighted by molar-refractivity contribution is 7.80. The van der Waals surface area contributed by atoms with E-state index in [1.165, 1.54) is 0 Å². The Hall–Kier alpha value is -3.45. The molecule has 34 heavy (non-hydrogen) atoms. The van der Waals surface area contributed by atoms with Crippen molar-refractivity contribution in [3.05, 3.63) is 94.0 Å². The van der Waals surface area contributed by atoms with Crippen molar-refractivity contribution in [2.45, 2.75) is 6.92 Å². The Labute approximate surface area is 210 Å². The Kier molecular flexibility index (Phi) is 5.96. The largest absolute Gasteiger partial charge is 0.436 e. The maximum Gasteiger partial charge on any atom is 0.258 e. The van der Waals surface area contributed by atoms with Crippen LogP contribution in [0.3, 0.4) is 0 Å². The molecule has 2 N–H and O–H groups in total. The van der Waals surface area contributed by atoms with Gasteiger partial charge in [0, 0.05) is 32.2 Å². The van der Waals surface area contributed by atoms with Gasteiger partial charge in [-0.1, -0.05) is 53.5 Å². The molecule has 1 amide bonds. The summed E-state index contributed by atoms with van der Waals surface area (Å²) in [5, 5.41) is 8.77. The normalized spacial score (nSPS) is 11.0. The van der Waals surface area contributed by atoms with Crippen LogP contribution in [0.4, 0.5) is 5.69 Å². The van der Waals surface area contributed by atoms with E-state index in [2.05, 4.69) is 15.6 Å². The zero-order valence-corrected chi connectivity index (χ0v) is 20.2. The predicted molar refractivity (Wildman–Crippen MR) is 142 cm³/mol. The minimum absolute atomic E-state index is 0.175. The van der Waals surface area contributed by atoms with Gasteiger partial charge < -0.3 is 9.73 Å². The molecule has 0 aliphatic rings. The van der Waals surface area contributed by atoms with Crippen LogP contribution in [0.2, 0.25) is 10.0 Å². The average Bonchev–Trinajstić information content (AvgIpc) is 3.23. The molecule has 1 aromatic heterocycles. The molecule has 0 spiro atoms. The van der Waals surface area contributed by atoms with Crippen molar-refractivity contribution in [1.29, 1.82) is 0 Å². The number of carbonyl (C=O) groups excluding carboxylic acids is 1. The molecule has 8 heteroatoms. The lowest BCUT2D eigenvalue weighted by molar-refractivity contribution is 0.0979. The van der Waals surface area contributed by atoms with Crippen LogP contribution in [-0.4, -0.2) is 16.0 Å². The first-order valence-corrected chi connectivity index (χ1v) is 11.5. The SMILES string of the molecule is Cc1c(NC(=S)NC(=O)c2cccc3c(Cl)cccc23)cccc1-c1nc2cc(Cl)ccc2o1. The van der Waals surface area contributed by atoms with Gasteiger partial charge in [-0.05, 0) is 72.6 Å². The molecule has 0 radical (unpaired) electrons. The van der Waals surface area contributed by atoms with Gasteiger partial charge in [0.15, 0.2) is 10.7 Å². The van der Waals surface area contributed by atoms with Crippen molar-refractivity contribution >= 4 is 74.0 Å². The fourth-order valence-corrected chi connectivity index (χ4v) is 4.42. The fourth-order valence-electron chi connectivity index (χ4n) is 3.81. The molecule has 0 saturated carbocycles. The zero-order chi connectivity index (χ0) is 23.8. The number of rotatable bonds is 3. The maximum absolute atomic E-state index is 13.0. The predicted octanol–water partition coefficient (Wildman–Crippen LogP) is 7.39. The third-order valence-corrected chi connectivity index (χ3v) is 6.27. The lowest BCUT2D eigenvalue weighted by Gasteiger charge is -2.14. The second-order valence-electron chi connectivity index (χ2n) is 7.66. The molecular weight excluding hydrogens is 489 g/mol. The standard InChI is InChI=1S/C26H17Cl2N3O2S/c1-14-16(25-29-22-13-15(27)11-12-23(22)33-25)5-4-10-21(14)30-26(34)31-24(32)19-8-2-7-18-17(19)6-3-9-20(18)28/h2-13H,1H3,(H2,30,31,32,34). The highest BCUT2D eigenvalue weighted by Gasteiger charge is 2.16. The summed E-state index contributed by atoms with van der Waals surface area (Å²) in [6.07, 6.45) is 0. The van der Waals surface area contributed by atoms with Crippen molar-refractivity contribution in [2.75, 3.05) is 5.32 Å². The summed E-state index contributed by atoms with van der Waals surface area (Å²) < 4.78 is 5.91.